The van der Waals surface area contributed by atoms with Gasteiger partial charge in [0.15, 0.2) is 0 Å². The average Bonchev–Trinajstić information content (AvgIpc) is 2.38. The molecule has 0 heterocycles. The van der Waals surface area contributed by atoms with Crippen LogP contribution in [0.1, 0.15) is 13.3 Å². The van der Waals surface area contributed by atoms with Gasteiger partial charge in [0.2, 0.25) is 9.84 Å². The number of sulfone groups is 1. The van der Waals surface area contributed by atoms with E-state index in [1.54, 1.807) is 0 Å². The summed E-state index contributed by atoms with van der Waals surface area (Å²) in [4.78, 5) is 11.3. The van der Waals surface area contributed by atoms with Gasteiger partial charge in [-0.3, -0.25) is 4.79 Å². The minimum Gasteiger partial charge on any atom is -0.469 e. The number of halogens is 2. The molecule has 0 radical (unpaired) electrons. The van der Waals surface area contributed by atoms with Crippen LogP contribution in [0.5, 0.6) is 0 Å². The average molecular weight is 324 g/mol. The third kappa shape index (κ3) is 4.45. The molecule has 0 bridgehead atoms. The van der Waals surface area contributed by atoms with Gasteiger partial charge in [0.25, 0.3) is 0 Å². The van der Waals surface area contributed by atoms with Crippen molar-refractivity contribution < 1.29 is 26.7 Å². The van der Waals surface area contributed by atoms with Crippen LogP contribution in [0.15, 0.2) is 34.1 Å². The monoisotopic (exact) mass is 324 g/mol. The van der Waals surface area contributed by atoms with E-state index in [0.29, 0.717) is 4.90 Å². The molecule has 0 aromatic heterocycles. The Bertz CT molecular complexity index is 555. The summed E-state index contributed by atoms with van der Waals surface area (Å²) < 4.78 is 51.7. The van der Waals surface area contributed by atoms with Gasteiger partial charge in [-0.2, -0.15) is 8.78 Å². The van der Waals surface area contributed by atoms with E-state index in [0.717, 1.165) is 12.1 Å². The lowest BCUT2D eigenvalue weighted by atomic mass is 10.3. The van der Waals surface area contributed by atoms with Crippen molar-refractivity contribution in [2.45, 2.75) is 34.1 Å². The summed E-state index contributed by atoms with van der Waals surface area (Å²) >= 11 is 1.33. The molecule has 0 amide bonds. The van der Waals surface area contributed by atoms with Gasteiger partial charge >= 0.3 is 11.7 Å². The molecule has 1 atom stereocenters. The first-order chi connectivity index (χ1) is 9.27. The summed E-state index contributed by atoms with van der Waals surface area (Å²) in [6, 6.07) is 5.14. The summed E-state index contributed by atoms with van der Waals surface area (Å²) in [6.07, 6.45) is 0.207. The second-order valence-corrected chi connectivity index (χ2v) is 7.42. The number of alkyl halides is 2. The summed E-state index contributed by atoms with van der Waals surface area (Å²) in [5.41, 5.74) is 0. The molecule has 0 aliphatic carbocycles. The maximum absolute atomic E-state index is 12.3. The number of methoxy groups -OCH3 is 1. The van der Waals surface area contributed by atoms with E-state index in [-0.39, 0.29) is 17.6 Å². The van der Waals surface area contributed by atoms with Crippen LogP contribution in [0.3, 0.4) is 0 Å². The SMILES string of the molecule is COC(=O)CC(C)Sc1ccc(S(=O)(=O)C(F)F)cc1. The zero-order valence-electron chi connectivity index (χ0n) is 10.9. The van der Waals surface area contributed by atoms with E-state index >= 15 is 0 Å². The highest BCUT2D eigenvalue weighted by atomic mass is 32.2. The van der Waals surface area contributed by atoms with Crippen molar-refractivity contribution in [3.8, 4) is 0 Å². The van der Waals surface area contributed by atoms with Gasteiger partial charge in [0, 0.05) is 10.1 Å². The lowest BCUT2D eigenvalue weighted by Crippen LogP contribution is -2.11. The zero-order valence-corrected chi connectivity index (χ0v) is 12.5. The number of ether oxygens (including phenoxy) is 1. The highest BCUT2D eigenvalue weighted by Gasteiger charge is 2.26. The third-order valence-electron chi connectivity index (χ3n) is 2.41. The molecule has 0 saturated heterocycles. The molecule has 0 saturated carbocycles. The lowest BCUT2D eigenvalue weighted by Gasteiger charge is -2.10. The standard InChI is InChI=1S/C12H14F2O4S2/c1-8(7-11(15)18-2)19-9-3-5-10(6-4-9)20(16,17)12(13)14/h3-6,8,12H,7H2,1-2H3. The van der Waals surface area contributed by atoms with E-state index in [1.165, 1.54) is 31.0 Å². The van der Waals surface area contributed by atoms with Crippen LogP contribution >= 0.6 is 11.8 Å². The molecular weight excluding hydrogens is 310 g/mol. The fourth-order valence-electron chi connectivity index (χ4n) is 1.40. The molecule has 1 rings (SSSR count). The molecule has 4 nitrogen and oxygen atoms in total. The molecule has 20 heavy (non-hydrogen) atoms. The minimum absolute atomic E-state index is 0.0694. The topological polar surface area (TPSA) is 60.4 Å². The quantitative estimate of drug-likeness (QED) is 0.595. The molecule has 0 aliphatic heterocycles. The Morgan fingerprint density at radius 2 is 1.85 bits per heavy atom. The van der Waals surface area contributed by atoms with E-state index < -0.39 is 20.5 Å². The Morgan fingerprint density at radius 1 is 1.30 bits per heavy atom. The first-order valence-electron chi connectivity index (χ1n) is 5.63. The van der Waals surface area contributed by atoms with Crippen molar-refractivity contribution in [2.75, 3.05) is 7.11 Å². The van der Waals surface area contributed by atoms with Crippen molar-refractivity contribution in [3.05, 3.63) is 24.3 Å². The van der Waals surface area contributed by atoms with E-state index in [1.807, 2.05) is 6.92 Å². The number of esters is 1. The Morgan fingerprint density at radius 3 is 2.30 bits per heavy atom. The van der Waals surface area contributed by atoms with Gasteiger partial charge in [0.1, 0.15) is 0 Å². The zero-order chi connectivity index (χ0) is 15.3. The van der Waals surface area contributed by atoms with Crippen molar-refractivity contribution in [2.24, 2.45) is 0 Å². The van der Waals surface area contributed by atoms with Crippen LogP contribution in [0, 0.1) is 0 Å². The van der Waals surface area contributed by atoms with Crippen molar-refractivity contribution in [1.29, 1.82) is 0 Å². The van der Waals surface area contributed by atoms with Crippen molar-refractivity contribution in [1.82, 2.24) is 0 Å². The fraction of sp³-hybridized carbons (Fsp3) is 0.417. The number of rotatable bonds is 6. The van der Waals surface area contributed by atoms with Gasteiger partial charge in [-0.15, -0.1) is 11.8 Å². The van der Waals surface area contributed by atoms with Crippen molar-refractivity contribution in [3.63, 3.8) is 0 Å². The Labute approximate surface area is 120 Å². The molecule has 0 spiro atoms. The molecule has 0 N–H and O–H groups in total. The first kappa shape index (κ1) is 16.9. The van der Waals surface area contributed by atoms with E-state index in [9.17, 15) is 22.0 Å². The number of hydrogen-bond acceptors (Lipinski definition) is 5. The highest BCUT2D eigenvalue weighted by molar-refractivity contribution is 8.00. The minimum atomic E-state index is -4.56. The van der Waals surface area contributed by atoms with Gasteiger partial charge in [-0.05, 0) is 24.3 Å². The predicted octanol–water partition coefficient (Wildman–Crippen LogP) is 2.73. The number of benzene rings is 1. The molecular formula is C12H14F2O4S2. The Hall–Kier alpha value is -1.15. The molecule has 112 valence electrons. The van der Waals surface area contributed by atoms with Crippen molar-refractivity contribution >= 4 is 27.6 Å². The summed E-state index contributed by atoms with van der Waals surface area (Å²) in [7, 11) is -3.27. The normalized spacial score (nSPS) is 13.2. The van der Waals surface area contributed by atoms with Gasteiger partial charge < -0.3 is 4.74 Å². The van der Waals surface area contributed by atoms with Gasteiger partial charge in [-0.1, -0.05) is 6.92 Å². The fourth-order valence-corrected chi connectivity index (χ4v) is 3.10. The third-order valence-corrected chi connectivity index (χ3v) is 4.92. The molecule has 1 aromatic rings. The summed E-state index contributed by atoms with van der Waals surface area (Å²) in [6.45, 7) is 1.81. The molecule has 0 fully saturated rings. The lowest BCUT2D eigenvalue weighted by molar-refractivity contribution is -0.140. The maximum Gasteiger partial charge on any atom is 0.341 e. The molecule has 8 heteroatoms. The van der Waals surface area contributed by atoms with Crippen LogP contribution in [0.25, 0.3) is 0 Å². The number of thioether (sulfide) groups is 1. The number of carbonyl (C=O) groups excluding carboxylic acids is 1. The second kappa shape index (κ2) is 7.03. The molecule has 1 aromatic carbocycles. The first-order valence-corrected chi connectivity index (χ1v) is 8.05. The summed E-state index contributed by atoms with van der Waals surface area (Å²) in [5.74, 6) is -3.78. The van der Waals surface area contributed by atoms with Crippen LogP contribution < -0.4 is 0 Å². The van der Waals surface area contributed by atoms with Crippen LogP contribution in [-0.2, 0) is 19.4 Å². The Kier molecular flexibility index (Phi) is 5.94. The van der Waals surface area contributed by atoms with E-state index in [2.05, 4.69) is 4.74 Å². The predicted molar refractivity (Wildman–Crippen MR) is 71.6 cm³/mol. The smallest absolute Gasteiger partial charge is 0.341 e. The van der Waals surface area contributed by atoms with E-state index in [4.69, 9.17) is 0 Å². The van der Waals surface area contributed by atoms with Gasteiger partial charge in [-0.25, -0.2) is 8.42 Å². The number of carbonyl (C=O) groups is 1. The second-order valence-electron chi connectivity index (χ2n) is 3.99. The van der Waals surface area contributed by atoms with Crippen LogP contribution in [-0.4, -0.2) is 32.5 Å². The maximum atomic E-state index is 12.3. The van der Waals surface area contributed by atoms with Gasteiger partial charge in [0.05, 0.1) is 18.4 Å². The Balaban J connectivity index is 2.75. The number of hydrogen-bond donors (Lipinski definition) is 0. The highest BCUT2D eigenvalue weighted by Crippen LogP contribution is 2.27. The van der Waals surface area contributed by atoms with Crippen LogP contribution in [0.2, 0.25) is 0 Å². The largest absolute Gasteiger partial charge is 0.469 e. The molecule has 0 aliphatic rings. The summed E-state index contributed by atoms with van der Waals surface area (Å²) in [5, 5.41) is -0.0694. The van der Waals surface area contributed by atoms with Crippen LogP contribution in [0.4, 0.5) is 8.78 Å². The molecule has 1 unspecified atom stereocenters.